The van der Waals surface area contributed by atoms with Crippen LogP contribution in [0.3, 0.4) is 0 Å². The van der Waals surface area contributed by atoms with E-state index < -0.39 is 0 Å². The number of nitrogens with one attached hydrogen (secondary N) is 2. The molecule has 24 heavy (non-hydrogen) atoms. The van der Waals surface area contributed by atoms with Crippen molar-refractivity contribution in [2.75, 3.05) is 0 Å². The summed E-state index contributed by atoms with van der Waals surface area (Å²) in [5.41, 5.74) is 5.00. The molecular formula is C17H20N6O. The highest BCUT2D eigenvalue weighted by molar-refractivity contribution is 5.93. The summed E-state index contributed by atoms with van der Waals surface area (Å²) < 4.78 is 1.81. The lowest BCUT2D eigenvalue weighted by atomic mass is 10.1. The van der Waals surface area contributed by atoms with Crippen LogP contribution in [0, 0.1) is 13.8 Å². The van der Waals surface area contributed by atoms with Gasteiger partial charge in [0.1, 0.15) is 5.69 Å². The first-order valence-corrected chi connectivity index (χ1v) is 7.74. The zero-order chi connectivity index (χ0) is 17.3. The zero-order valence-corrected chi connectivity index (χ0v) is 14.2. The summed E-state index contributed by atoms with van der Waals surface area (Å²) >= 11 is 0. The van der Waals surface area contributed by atoms with Crippen LogP contribution in [0.5, 0.6) is 0 Å². The van der Waals surface area contributed by atoms with Crippen molar-refractivity contribution >= 4 is 5.91 Å². The number of aromatic amines is 1. The molecule has 0 saturated carbocycles. The van der Waals surface area contributed by atoms with Crippen molar-refractivity contribution in [2.45, 2.75) is 26.8 Å². The predicted octanol–water partition coefficient (Wildman–Crippen LogP) is 2.31. The fourth-order valence-corrected chi connectivity index (χ4v) is 2.72. The molecule has 2 N–H and O–H groups in total. The molecule has 0 spiro atoms. The maximum absolute atomic E-state index is 12.4. The minimum absolute atomic E-state index is 0.117. The number of H-pyrrole nitrogens is 1. The highest BCUT2D eigenvalue weighted by Crippen LogP contribution is 2.25. The number of carbonyl (C=O) groups is 1. The van der Waals surface area contributed by atoms with Gasteiger partial charge in [-0.25, -0.2) is 0 Å². The number of aromatic nitrogens is 5. The van der Waals surface area contributed by atoms with E-state index in [4.69, 9.17) is 0 Å². The van der Waals surface area contributed by atoms with E-state index in [2.05, 4.69) is 25.6 Å². The number of hydrogen-bond donors (Lipinski definition) is 2. The summed E-state index contributed by atoms with van der Waals surface area (Å²) in [6.07, 6.45) is 3.42. The lowest BCUT2D eigenvalue weighted by molar-refractivity contribution is 0.0935. The highest BCUT2D eigenvalue weighted by Gasteiger charge is 2.18. The van der Waals surface area contributed by atoms with Crippen LogP contribution >= 0.6 is 0 Å². The molecule has 0 radical (unpaired) electrons. The highest BCUT2D eigenvalue weighted by atomic mass is 16.2. The summed E-state index contributed by atoms with van der Waals surface area (Å²) in [5.74, 6) is -0.197. The lowest BCUT2D eigenvalue weighted by Gasteiger charge is -2.12. The number of pyridine rings is 1. The van der Waals surface area contributed by atoms with Crippen LogP contribution in [-0.2, 0) is 7.05 Å². The van der Waals surface area contributed by atoms with Crippen LogP contribution in [0.2, 0.25) is 0 Å². The molecule has 0 aromatic carbocycles. The smallest absolute Gasteiger partial charge is 0.269 e. The average Bonchev–Trinajstić information content (AvgIpc) is 3.13. The van der Waals surface area contributed by atoms with Gasteiger partial charge in [-0.3, -0.25) is 19.6 Å². The van der Waals surface area contributed by atoms with E-state index >= 15 is 0 Å². The topological polar surface area (TPSA) is 88.5 Å². The van der Waals surface area contributed by atoms with Crippen molar-refractivity contribution in [2.24, 2.45) is 7.05 Å². The summed E-state index contributed by atoms with van der Waals surface area (Å²) in [5, 5.41) is 14.4. The molecule has 7 heteroatoms. The third-order valence-corrected chi connectivity index (χ3v) is 4.14. The van der Waals surface area contributed by atoms with Crippen LogP contribution in [0.4, 0.5) is 0 Å². The van der Waals surface area contributed by atoms with E-state index in [9.17, 15) is 4.79 Å². The molecule has 0 aliphatic carbocycles. The Morgan fingerprint density at radius 1 is 1.29 bits per heavy atom. The van der Waals surface area contributed by atoms with E-state index in [1.165, 1.54) is 0 Å². The van der Waals surface area contributed by atoms with Crippen LogP contribution in [0.25, 0.3) is 11.3 Å². The Hall–Kier alpha value is -2.96. The second-order valence-corrected chi connectivity index (χ2v) is 5.81. The summed E-state index contributed by atoms with van der Waals surface area (Å²) in [6, 6.07) is 5.40. The van der Waals surface area contributed by atoms with Gasteiger partial charge in [-0.1, -0.05) is 0 Å². The van der Waals surface area contributed by atoms with Gasteiger partial charge in [0.15, 0.2) is 0 Å². The number of nitrogens with zero attached hydrogens (tertiary/aromatic N) is 4. The molecule has 3 heterocycles. The van der Waals surface area contributed by atoms with Crippen molar-refractivity contribution in [3.8, 4) is 11.3 Å². The monoisotopic (exact) mass is 324 g/mol. The average molecular weight is 324 g/mol. The van der Waals surface area contributed by atoms with E-state index in [-0.39, 0.29) is 11.9 Å². The Labute approximate surface area is 140 Å². The molecule has 3 rings (SSSR count). The summed E-state index contributed by atoms with van der Waals surface area (Å²) in [4.78, 5) is 16.4. The third-order valence-electron chi connectivity index (χ3n) is 4.14. The lowest BCUT2D eigenvalue weighted by Crippen LogP contribution is -2.26. The Morgan fingerprint density at radius 3 is 2.62 bits per heavy atom. The van der Waals surface area contributed by atoms with Crippen molar-refractivity contribution in [3.05, 3.63) is 53.2 Å². The maximum atomic E-state index is 12.4. The third kappa shape index (κ3) is 2.92. The first kappa shape index (κ1) is 15.9. The quantitative estimate of drug-likeness (QED) is 0.771. The Kier molecular flexibility index (Phi) is 4.16. The number of amides is 1. The van der Waals surface area contributed by atoms with Crippen LogP contribution in [-0.4, -0.2) is 30.9 Å². The van der Waals surface area contributed by atoms with Gasteiger partial charge in [-0.2, -0.15) is 10.2 Å². The first-order valence-electron chi connectivity index (χ1n) is 7.74. The molecule has 0 saturated heterocycles. The summed E-state index contributed by atoms with van der Waals surface area (Å²) in [6.45, 7) is 5.84. The molecule has 124 valence electrons. The van der Waals surface area contributed by atoms with Crippen molar-refractivity contribution in [3.63, 3.8) is 0 Å². The van der Waals surface area contributed by atoms with E-state index in [1.54, 1.807) is 18.5 Å². The second kappa shape index (κ2) is 6.27. The van der Waals surface area contributed by atoms with Crippen LogP contribution in [0.15, 0.2) is 30.6 Å². The molecule has 0 aliphatic rings. The largest absolute Gasteiger partial charge is 0.344 e. The van der Waals surface area contributed by atoms with Crippen LogP contribution < -0.4 is 5.32 Å². The molecule has 0 fully saturated rings. The van der Waals surface area contributed by atoms with Gasteiger partial charge in [0.05, 0.1) is 17.4 Å². The standard InChI is InChI=1S/C17H20N6O/c1-10(13-5-7-18-8-6-13)19-17(24)15-9-14(20-21-15)16-11(2)22-23(4)12(16)3/h5-10H,1-4H3,(H,19,24)(H,20,21). The summed E-state index contributed by atoms with van der Waals surface area (Å²) in [7, 11) is 1.89. The fourth-order valence-electron chi connectivity index (χ4n) is 2.72. The molecule has 1 unspecified atom stereocenters. The minimum Gasteiger partial charge on any atom is -0.344 e. The minimum atomic E-state index is -0.197. The van der Waals surface area contributed by atoms with E-state index in [0.717, 1.165) is 28.2 Å². The van der Waals surface area contributed by atoms with Gasteiger partial charge in [0.2, 0.25) is 0 Å². The van der Waals surface area contributed by atoms with Gasteiger partial charge in [-0.05, 0) is 44.5 Å². The van der Waals surface area contributed by atoms with Gasteiger partial charge < -0.3 is 5.32 Å². The predicted molar refractivity (Wildman–Crippen MR) is 90.4 cm³/mol. The van der Waals surface area contributed by atoms with Gasteiger partial charge >= 0.3 is 0 Å². The number of rotatable bonds is 4. The SMILES string of the molecule is Cc1nn(C)c(C)c1-c1cc(C(=O)NC(C)c2ccncc2)[nH]n1. The van der Waals surface area contributed by atoms with Crippen molar-refractivity contribution in [1.82, 2.24) is 30.3 Å². The van der Waals surface area contributed by atoms with Gasteiger partial charge in [0.25, 0.3) is 5.91 Å². The molecular weight excluding hydrogens is 304 g/mol. The van der Waals surface area contributed by atoms with E-state index in [1.807, 2.05) is 44.6 Å². The maximum Gasteiger partial charge on any atom is 0.269 e. The van der Waals surface area contributed by atoms with Gasteiger partial charge in [0, 0.05) is 30.7 Å². The van der Waals surface area contributed by atoms with E-state index in [0.29, 0.717) is 5.69 Å². The first-order chi connectivity index (χ1) is 11.5. The Bertz CT molecular complexity index is 865. The number of aryl methyl sites for hydroxylation is 2. The van der Waals surface area contributed by atoms with Crippen LogP contribution in [0.1, 0.15) is 40.4 Å². The molecule has 3 aromatic heterocycles. The second-order valence-electron chi connectivity index (χ2n) is 5.81. The number of carbonyl (C=O) groups excluding carboxylic acids is 1. The normalized spacial score (nSPS) is 12.2. The van der Waals surface area contributed by atoms with Gasteiger partial charge in [-0.15, -0.1) is 0 Å². The number of hydrogen-bond acceptors (Lipinski definition) is 4. The Balaban J connectivity index is 1.79. The molecule has 0 aliphatic heterocycles. The molecule has 7 nitrogen and oxygen atoms in total. The molecule has 3 aromatic rings. The Morgan fingerprint density at radius 2 is 2.00 bits per heavy atom. The molecule has 1 amide bonds. The molecule has 1 atom stereocenters. The van der Waals surface area contributed by atoms with Crippen molar-refractivity contribution < 1.29 is 4.79 Å². The molecule has 0 bridgehead atoms. The fraction of sp³-hybridized carbons (Fsp3) is 0.294. The zero-order valence-electron chi connectivity index (χ0n) is 14.2. The van der Waals surface area contributed by atoms with Crippen molar-refractivity contribution in [1.29, 1.82) is 0 Å².